The zero-order valence-electron chi connectivity index (χ0n) is 9.61. The fraction of sp³-hybridized carbons (Fsp3) is 0.182. The van der Waals surface area contributed by atoms with E-state index in [1.54, 1.807) is 24.8 Å². The number of carbonyl (C=O) groups excluding carboxylic acids is 1. The lowest BCUT2D eigenvalue weighted by Gasteiger charge is -2.06. The van der Waals surface area contributed by atoms with E-state index >= 15 is 0 Å². The van der Waals surface area contributed by atoms with E-state index in [1.807, 2.05) is 0 Å². The van der Waals surface area contributed by atoms with Crippen molar-refractivity contribution in [2.75, 3.05) is 12.4 Å². The van der Waals surface area contributed by atoms with Crippen LogP contribution in [-0.4, -0.2) is 22.9 Å². The quantitative estimate of drug-likeness (QED) is 0.844. The lowest BCUT2D eigenvalue weighted by molar-refractivity contribution is 0.0951. The Morgan fingerprint density at radius 3 is 3.00 bits per heavy atom. The van der Waals surface area contributed by atoms with Gasteiger partial charge in [0.1, 0.15) is 11.0 Å². The smallest absolute Gasteiger partial charge is 0.251 e. The molecule has 5 nitrogen and oxygen atoms in total. The van der Waals surface area contributed by atoms with Crippen LogP contribution in [0, 0.1) is 0 Å². The average Bonchev–Trinajstić information content (AvgIpc) is 2.88. The molecule has 2 N–H and O–H groups in total. The molecule has 0 aromatic carbocycles. The van der Waals surface area contributed by atoms with E-state index in [9.17, 15) is 4.79 Å². The molecule has 0 aliphatic heterocycles. The lowest BCUT2D eigenvalue weighted by atomic mass is 10.2. The summed E-state index contributed by atoms with van der Waals surface area (Å²) in [4.78, 5) is 20.9. The van der Waals surface area contributed by atoms with Crippen LogP contribution in [0.1, 0.15) is 15.2 Å². The summed E-state index contributed by atoms with van der Waals surface area (Å²) in [5.74, 6) is 0.370. The molecule has 94 valence electrons. The highest BCUT2D eigenvalue weighted by molar-refractivity contribution is 7.09. The van der Waals surface area contributed by atoms with Gasteiger partial charge in [-0.3, -0.25) is 9.78 Å². The van der Waals surface area contributed by atoms with E-state index in [-0.39, 0.29) is 11.1 Å². The molecule has 2 aromatic heterocycles. The van der Waals surface area contributed by atoms with Crippen molar-refractivity contribution in [3.8, 4) is 0 Å². The van der Waals surface area contributed by atoms with Gasteiger partial charge in [0.2, 0.25) is 0 Å². The fourth-order valence-corrected chi connectivity index (χ4v) is 2.10. The van der Waals surface area contributed by atoms with Crippen molar-refractivity contribution in [3.05, 3.63) is 39.4 Å². The number of nitrogens with zero attached hydrogens (tertiary/aromatic N) is 2. The summed E-state index contributed by atoms with van der Waals surface area (Å²) in [7, 11) is 1.72. The van der Waals surface area contributed by atoms with Crippen LogP contribution in [0.3, 0.4) is 0 Å². The van der Waals surface area contributed by atoms with Gasteiger partial charge in [-0.1, -0.05) is 11.6 Å². The summed E-state index contributed by atoms with van der Waals surface area (Å²) in [5.41, 5.74) is 2.20. The maximum atomic E-state index is 11.9. The zero-order valence-corrected chi connectivity index (χ0v) is 11.2. The minimum Gasteiger partial charge on any atom is -0.373 e. The van der Waals surface area contributed by atoms with Crippen LogP contribution in [0.15, 0.2) is 23.8 Å². The van der Waals surface area contributed by atoms with Crippen LogP contribution in [0.25, 0.3) is 0 Å². The van der Waals surface area contributed by atoms with Gasteiger partial charge in [-0.15, -0.1) is 11.3 Å². The van der Waals surface area contributed by atoms with Crippen molar-refractivity contribution in [1.82, 2.24) is 15.3 Å². The van der Waals surface area contributed by atoms with Gasteiger partial charge in [-0.25, -0.2) is 4.98 Å². The van der Waals surface area contributed by atoms with Gasteiger partial charge < -0.3 is 10.6 Å². The van der Waals surface area contributed by atoms with Gasteiger partial charge in [0.15, 0.2) is 0 Å². The van der Waals surface area contributed by atoms with Crippen LogP contribution in [0.4, 0.5) is 5.82 Å². The first kappa shape index (κ1) is 12.8. The minimum atomic E-state index is -0.191. The lowest BCUT2D eigenvalue weighted by Crippen LogP contribution is -2.22. The molecule has 2 heterocycles. The maximum absolute atomic E-state index is 11.9. The SMILES string of the molecule is CNc1cc(C(=O)NCc2cncs2)cc(Cl)n1. The monoisotopic (exact) mass is 282 g/mol. The van der Waals surface area contributed by atoms with Crippen molar-refractivity contribution in [2.24, 2.45) is 0 Å². The number of carbonyl (C=O) groups is 1. The van der Waals surface area contributed by atoms with Crippen LogP contribution in [0.5, 0.6) is 0 Å². The third-order valence-electron chi connectivity index (χ3n) is 2.22. The largest absolute Gasteiger partial charge is 0.373 e. The summed E-state index contributed by atoms with van der Waals surface area (Å²) in [5, 5.41) is 5.93. The van der Waals surface area contributed by atoms with E-state index in [0.717, 1.165) is 4.88 Å². The van der Waals surface area contributed by atoms with Gasteiger partial charge in [-0.05, 0) is 12.1 Å². The maximum Gasteiger partial charge on any atom is 0.251 e. The van der Waals surface area contributed by atoms with Crippen molar-refractivity contribution in [2.45, 2.75) is 6.54 Å². The number of thiazole rings is 1. The third-order valence-corrected chi connectivity index (χ3v) is 3.19. The number of anilines is 1. The molecule has 0 saturated carbocycles. The molecule has 0 bridgehead atoms. The van der Waals surface area contributed by atoms with Crippen LogP contribution < -0.4 is 10.6 Å². The second-order valence-corrected chi connectivity index (χ2v) is 4.82. The number of aromatic nitrogens is 2. The molecular formula is C11H11ClN4OS. The summed E-state index contributed by atoms with van der Waals surface area (Å²) in [6, 6.07) is 3.18. The Kier molecular flexibility index (Phi) is 4.11. The number of rotatable bonds is 4. The molecule has 18 heavy (non-hydrogen) atoms. The van der Waals surface area contributed by atoms with Gasteiger partial charge >= 0.3 is 0 Å². The molecule has 1 amide bonds. The molecule has 0 radical (unpaired) electrons. The van der Waals surface area contributed by atoms with E-state index in [2.05, 4.69) is 20.6 Å². The molecule has 0 aliphatic carbocycles. The second kappa shape index (κ2) is 5.79. The second-order valence-electron chi connectivity index (χ2n) is 3.46. The Hall–Kier alpha value is -1.66. The molecule has 0 fully saturated rings. The van der Waals surface area contributed by atoms with Gasteiger partial charge in [0.05, 0.1) is 12.1 Å². The standard InChI is InChI=1S/C11H11ClN4OS/c1-13-10-3-7(2-9(12)16-10)11(17)15-5-8-4-14-6-18-8/h2-4,6H,5H2,1H3,(H,13,16)(H,15,17). The third kappa shape index (κ3) is 3.18. The highest BCUT2D eigenvalue weighted by Crippen LogP contribution is 2.14. The molecule has 2 rings (SSSR count). The first-order valence-corrected chi connectivity index (χ1v) is 6.45. The Morgan fingerprint density at radius 2 is 2.33 bits per heavy atom. The van der Waals surface area contributed by atoms with Crippen molar-refractivity contribution in [1.29, 1.82) is 0 Å². The highest BCUT2D eigenvalue weighted by atomic mass is 35.5. The molecule has 0 atom stereocenters. The van der Waals surface area contributed by atoms with Gasteiger partial charge in [-0.2, -0.15) is 0 Å². The number of halogens is 1. The summed E-state index contributed by atoms with van der Waals surface area (Å²) in [6.45, 7) is 0.457. The Bertz CT molecular complexity index is 544. The van der Waals surface area contributed by atoms with Crippen LogP contribution >= 0.6 is 22.9 Å². The number of hydrogen-bond donors (Lipinski definition) is 2. The van der Waals surface area contributed by atoms with E-state index in [4.69, 9.17) is 11.6 Å². The number of hydrogen-bond acceptors (Lipinski definition) is 5. The summed E-state index contributed by atoms with van der Waals surface area (Å²) < 4.78 is 0. The van der Waals surface area contributed by atoms with Crippen molar-refractivity contribution < 1.29 is 4.79 Å². The first-order chi connectivity index (χ1) is 8.69. The Labute approximate surface area is 113 Å². The normalized spacial score (nSPS) is 10.1. The topological polar surface area (TPSA) is 66.9 Å². The van der Waals surface area contributed by atoms with Crippen molar-refractivity contribution in [3.63, 3.8) is 0 Å². The highest BCUT2D eigenvalue weighted by Gasteiger charge is 2.09. The van der Waals surface area contributed by atoms with Crippen LogP contribution in [-0.2, 0) is 6.54 Å². The van der Waals surface area contributed by atoms with E-state index in [0.29, 0.717) is 17.9 Å². The minimum absolute atomic E-state index is 0.191. The fourth-order valence-electron chi connectivity index (χ4n) is 1.35. The molecular weight excluding hydrogens is 272 g/mol. The summed E-state index contributed by atoms with van der Waals surface area (Å²) >= 11 is 7.33. The van der Waals surface area contributed by atoms with E-state index in [1.165, 1.54) is 17.4 Å². The average molecular weight is 283 g/mol. The number of nitrogens with one attached hydrogen (secondary N) is 2. The van der Waals surface area contributed by atoms with Crippen LogP contribution in [0.2, 0.25) is 5.15 Å². The van der Waals surface area contributed by atoms with Crippen molar-refractivity contribution >= 4 is 34.7 Å². The number of pyridine rings is 1. The molecule has 0 unspecified atom stereocenters. The summed E-state index contributed by atoms with van der Waals surface area (Å²) in [6.07, 6.45) is 1.73. The molecule has 0 aliphatic rings. The number of amides is 1. The Balaban J connectivity index is 2.06. The molecule has 2 aromatic rings. The predicted octanol–water partition coefficient (Wildman–Crippen LogP) is 2.16. The predicted molar refractivity (Wildman–Crippen MR) is 72.1 cm³/mol. The van der Waals surface area contributed by atoms with Gasteiger partial charge in [0, 0.05) is 23.7 Å². The van der Waals surface area contributed by atoms with Gasteiger partial charge in [0.25, 0.3) is 5.91 Å². The molecule has 7 heteroatoms. The van der Waals surface area contributed by atoms with E-state index < -0.39 is 0 Å². The first-order valence-electron chi connectivity index (χ1n) is 5.20. The molecule has 0 saturated heterocycles. The Morgan fingerprint density at radius 1 is 1.50 bits per heavy atom. The molecule has 0 spiro atoms. The zero-order chi connectivity index (χ0) is 13.0.